The molecule has 41 heavy (non-hydrogen) atoms. The van der Waals surface area contributed by atoms with E-state index in [1.165, 1.54) is 12.1 Å². The van der Waals surface area contributed by atoms with E-state index in [4.69, 9.17) is 27.9 Å². The van der Waals surface area contributed by atoms with Crippen LogP contribution in [0.25, 0.3) is 0 Å². The quantitative estimate of drug-likeness (QED) is 0.186. The molecule has 14 heteroatoms. The van der Waals surface area contributed by atoms with E-state index in [2.05, 4.69) is 20.9 Å². The Morgan fingerprint density at radius 3 is 2.46 bits per heavy atom. The predicted octanol–water partition coefficient (Wildman–Crippen LogP) is 5.14. The summed E-state index contributed by atoms with van der Waals surface area (Å²) in [5.41, 5.74) is -0.397. The monoisotopic (exact) mass is 614 g/mol. The first-order chi connectivity index (χ1) is 19.2. The second-order valence-electron chi connectivity index (χ2n) is 9.96. The Hall–Kier alpha value is -3.77. The summed E-state index contributed by atoms with van der Waals surface area (Å²) in [5, 5.41) is 17.4. The fraction of sp³-hybridized carbons (Fsp3) is 0.333. The molecule has 0 saturated carbocycles. The van der Waals surface area contributed by atoms with E-state index >= 15 is 4.39 Å². The number of aromatic nitrogens is 2. The van der Waals surface area contributed by atoms with E-state index in [1.54, 1.807) is 39.0 Å². The zero-order valence-electron chi connectivity index (χ0n) is 22.4. The highest BCUT2D eigenvalue weighted by Crippen LogP contribution is 2.28. The van der Waals surface area contributed by atoms with Crippen molar-refractivity contribution in [3.8, 4) is 0 Å². The maximum absolute atomic E-state index is 15.2. The van der Waals surface area contributed by atoms with Crippen LogP contribution >= 0.6 is 23.2 Å². The van der Waals surface area contributed by atoms with E-state index in [-0.39, 0.29) is 28.4 Å². The summed E-state index contributed by atoms with van der Waals surface area (Å²) in [6.45, 7) is 4.20. The Kier molecular flexibility index (Phi) is 10.3. The molecule has 4 N–H and O–H groups in total. The van der Waals surface area contributed by atoms with Crippen LogP contribution in [0.4, 0.5) is 23.8 Å². The normalized spacial score (nSPS) is 11.6. The number of pyridine rings is 2. The fourth-order valence-electron chi connectivity index (χ4n) is 3.63. The summed E-state index contributed by atoms with van der Waals surface area (Å²) < 4.78 is 49.8. The lowest BCUT2D eigenvalue weighted by Crippen LogP contribution is -2.43. The zero-order chi connectivity index (χ0) is 30.4. The van der Waals surface area contributed by atoms with Crippen LogP contribution in [0, 0.1) is 5.82 Å². The van der Waals surface area contributed by atoms with Crippen molar-refractivity contribution in [1.82, 2.24) is 15.6 Å². The number of carbonyl (C=O) groups is 2. The van der Waals surface area contributed by atoms with Gasteiger partial charge < -0.3 is 20.7 Å². The second-order valence-corrected chi connectivity index (χ2v) is 10.8. The maximum atomic E-state index is 15.2. The van der Waals surface area contributed by atoms with Crippen LogP contribution in [0.2, 0.25) is 10.0 Å². The third kappa shape index (κ3) is 9.12. The van der Waals surface area contributed by atoms with Crippen molar-refractivity contribution >= 4 is 41.0 Å². The van der Waals surface area contributed by atoms with Crippen LogP contribution in [-0.4, -0.2) is 34.3 Å². The topological polar surface area (TPSA) is 116 Å². The Bertz CT molecular complexity index is 1420. The molecule has 9 nitrogen and oxygen atoms in total. The third-order valence-electron chi connectivity index (χ3n) is 5.56. The van der Waals surface area contributed by atoms with Gasteiger partial charge in [-0.25, -0.2) is 14.2 Å². The SMILES string of the molecule is CC(C)(C)OC(=O)NCc1ccc(Cl)cc1CNC(=O)Cc1c(Cl)cnc(NCC(F)(F)c2cccc[n+]2O)c1F. The van der Waals surface area contributed by atoms with Crippen LogP contribution in [0.5, 0.6) is 0 Å². The fourth-order valence-corrected chi connectivity index (χ4v) is 4.02. The van der Waals surface area contributed by atoms with E-state index in [0.717, 1.165) is 18.5 Å². The smallest absolute Gasteiger partial charge is 0.407 e. The number of alkyl halides is 2. The molecule has 0 saturated heterocycles. The summed E-state index contributed by atoms with van der Waals surface area (Å²) in [4.78, 5) is 28.5. The van der Waals surface area contributed by atoms with Gasteiger partial charge in [0.05, 0.1) is 18.0 Å². The van der Waals surface area contributed by atoms with Gasteiger partial charge in [-0.3, -0.25) is 10.0 Å². The maximum Gasteiger partial charge on any atom is 0.407 e. The number of benzene rings is 1. The molecule has 3 rings (SSSR count). The highest BCUT2D eigenvalue weighted by molar-refractivity contribution is 6.31. The average molecular weight is 615 g/mol. The molecular weight excluding hydrogens is 586 g/mol. The van der Waals surface area contributed by atoms with Gasteiger partial charge >= 0.3 is 17.7 Å². The van der Waals surface area contributed by atoms with E-state index in [9.17, 15) is 23.6 Å². The minimum Gasteiger partial charge on any atom is -0.444 e. The molecule has 1 aromatic carbocycles. The number of amides is 2. The van der Waals surface area contributed by atoms with Crippen LogP contribution in [0.15, 0.2) is 48.8 Å². The van der Waals surface area contributed by atoms with Gasteiger partial charge in [0.25, 0.3) is 0 Å². The zero-order valence-corrected chi connectivity index (χ0v) is 23.9. The van der Waals surface area contributed by atoms with Gasteiger partial charge in [0.2, 0.25) is 12.1 Å². The van der Waals surface area contributed by atoms with Crippen molar-refractivity contribution in [2.45, 2.75) is 51.8 Å². The Morgan fingerprint density at radius 1 is 1.07 bits per heavy atom. The molecule has 0 spiro atoms. The Morgan fingerprint density at radius 2 is 1.78 bits per heavy atom. The molecule has 0 aliphatic heterocycles. The number of nitrogens with zero attached hydrogens (tertiary/aromatic N) is 2. The average Bonchev–Trinajstić information content (AvgIpc) is 2.88. The van der Waals surface area contributed by atoms with E-state index < -0.39 is 53.8 Å². The first-order valence-corrected chi connectivity index (χ1v) is 13.1. The number of alkyl carbamates (subject to hydrolysis) is 1. The Balaban J connectivity index is 1.66. The number of ether oxygens (including phenoxy) is 1. The van der Waals surface area contributed by atoms with Crippen molar-refractivity contribution in [1.29, 1.82) is 0 Å². The van der Waals surface area contributed by atoms with Gasteiger partial charge in [-0.1, -0.05) is 29.3 Å². The first-order valence-electron chi connectivity index (χ1n) is 12.3. The van der Waals surface area contributed by atoms with E-state index in [0.29, 0.717) is 16.1 Å². The van der Waals surface area contributed by atoms with Crippen LogP contribution < -0.4 is 20.7 Å². The molecule has 2 heterocycles. The molecule has 2 aromatic heterocycles. The van der Waals surface area contributed by atoms with Crippen LogP contribution in [0.3, 0.4) is 0 Å². The lowest BCUT2D eigenvalue weighted by Gasteiger charge is -2.20. The van der Waals surface area contributed by atoms with Crippen molar-refractivity contribution in [3.05, 3.63) is 87.0 Å². The van der Waals surface area contributed by atoms with E-state index in [1.807, 2.05) is 0 Å². The molecule has 220 valence electrons. The van der Waals surface area contributed by atoms with Crippen molar-refractivity contribution < 1.29 is 37.4 Å². The number of anilines is 1. The van der Waals surface area contributed by atoms with Crippen molar-refractivity contribution in [2.75, 3.05) is 11.9 Å². The lowest BCUT2D eigenvalue weighted by molar-refractivity contribution is -0.913. The summed E-state index contributed by atoms with van der Waals surface area (Å²) in [7, 11) is 0. The molecule has 0 unspecified atom stereocenters. The second kappa shape index (κ2) is 13.3. The lowest BCUT2D eigenvalue weighted by atomic mass is 10.1. The third-order valence-corrected chi connectivity index (χ3v) is 6.12. The molecule has 0 radical (unpaired) electrons. The minimum atomic E-state index is -3.59. The van der Waals surface area contributed by atoms with Crippen molar-refractivity contribution in [3.63, 3.8) is 0 Å². The summed E-state index contributed by atoms with van der Waals surface area (Å²) in [6.07, 6.45) is 0.941. The first kappa shape index (κ1) is 31.8. The molecule has 0 aliphatic carbocycles. The molecule has 3 aromatic rings. The number of halogens is 5. The molecule has 0 fully saturated rings. The van der Waals surface area contributed by atoms with Gasteiger partial charge in [0.1, 0.15) is 5.60 Å². The number of hydrogen-bond donors (Lipinski definition) is 4. The number of carbonyl (C=O) groups excluding carboxylic acids is 2. The number of nitrogens with one attached hydrogen (secondary N) is 3. The summed E-state index contributed by atoms with van der Waals surface area (Å²) >= 11 is 12.2. The highest BCUT2D eigenvalue weighted by atomic mass is 35.5. The molecule has 2 amide bonds. The van der Waals surface area contributed by atoms with Gasteiger partial charge in [-0.15, -0.1) is 0 Å². The highest BCUT2D eigenvalue weighted by Gasteiger charge is 2.41. The standard InChI is InChI=1S/C27H28Cl2F3N5O4/c1-26(2,3)41-25(39)35-12-16-7-8-18(28)10-17(16)13-33-22(38)11-19-20(29)14-34-24(23(19)30)36-15-27(31,32)21-6-4-5-9-37(21)40/h4-10,14H,11-13,15H2,1-3H3,(H3-,33,34,35,36,38,39,40)/p+1. The number of rotatable bonds is 10. The largest absolute Gasteiger partial charge is 0.444 e. The van der Waals surface area contributed by atoms with Gasteiger partial charge in [0, 0.05) is 46.7 Å². The van der Waals surface area contributed by atoms with Crippen LogP contribution in [-0.2, 0) is 35.0 Å². The predicted molar refractivity (Wildman–Crippen MR) is 145 cm³/mol. The van der Waals surface area contributed by atoms with Gasteiger partial charge in [-0.05, 0) is 50.1 Å². The number of hydrogen-bond acceptors (Lipinski definition) is 6. The summed E-state index contributed by atoms with van der Waals surface area (Å²) in [5.74, 6) is -5.82. The van der Waals surface area contributed by atoms with Crippen molar-refractivity contribution in [2.24, 2.45) is 0 Å². The molecule has 0 aliphatic rings. The summed E-state index contributed by atoms with van der Waals surface area (Å²) in [6, 6.07) is 8.61. The van der Waals surface area contributed by atoms with Crippen LogP contribution in [0.1, 0.15) is 43.2 Å². The molecular formula is C27H29Cl2F3N5O4+. The van der Waals surface area contributed by atoms with Gasteiger partial charge in [-0.2, -0.15) is 8.78 Å². The van der Waals surface area contributed by atoms with Gasteiger partial charge in [0.15, 0.2) is 11.6 Å². The Labute approximate surface area is 244 Å². The molecule has 0 bridgehead atoms. The molecule has 0 atom stereocenters. The minimum absolute atomic E-state index is 0.00931.